The molecule has 0 bridgehead atoms. The zero-order valence-electron chi connectivity index (χ0n) is 26.3. The van der Waals surface area contributed by atoms with Gasteiger partial charge in [0, 0.05) is 42.2 Å². The van der Waals surface area contributed by atoms with Crippen molar-refractivity contribution in [2.24, 2.45) is 0 Å². The highest BCUT2D eigenvalue weighted by Crippen LogP contribution is 2.46. The first-order valence-electron chi connectivity index (χ1n) is 16.4. The smallest absolute Gasteiger partial charge is 0.164 e. The standard InChI is InChI=1S/C45H27N3S/c1-3-12-28(13-4-1)38-27-39-34(42-41(38)36-18-9-10-21-40(36)49-42)19-11-20-35(39)45-47-43(31-15-5-2-6-16-31)46-44(48-45)32-25-24-30-23-22-29-14-7-8-17-33(29)37(30)26-32/h1-27H. The maximum Gasteiger partial charge on any atom is 0.164 e. The van der Waals surface area contributed by atoms with Crippen LogP contribution in [0.5, 0.6) is 0 Å². The molecule has 10 rings (SSSR count). The van der Waals surface area contributed by atoms with Crippen molar-refractivity contribution < 1.29 is 0 Å². The molecule has 0 aliphatic heterocycles. The molecule has 8 aromatic carbocycles. The molecule has 0 atom stereocenters. The molecule has 3 nitrogen and oxygen atoms in total. The first-order chi connectivity index (χ1) is 24.3. The molecule has 10 aromatic rings. The van der Waals surface area contributed by atoms with Crippen LogP contribution in [0.2, 0.25) is 0 Å². The van der Waals surface area contributed by atoms with E-state index >= 15 is 0 Å². The number of thiophene rings is 1. The average Bonchev–Trinajstić information content (AvgIpc) is 3.58. The molecule has 0 saturated carbocycles. The van der Waals surface area contributed by atoms with E-state index in [0.29, 0.717) is 17.5 Å². The van der Waals surface area contributed by atoms with Crippen LogP contribution >= 0.6 is 11.3 Å². The molecule has 0 aliphatic rings. The van der Waals surface area contributed by atoms with Gasteiger partial charge in [-0.05, 0) is 56.3 Å². The van der Waals surface area contributed by atoms with E-state index in [1.54, 1.807) is 0 Å². The van der Waals surface area contributed by atoms with Gasteiger partial charge in [0.1, 0.15) is 0 Å². The Morgan fingerprint density at radius 1 is 0.347 bits per heavy atom. The van der Waals surface area contributed by atoms with Gasteiger partial charge in [-0.3, -0.25) is 0 Å². The molecule has 228 valence electrons. The summed E-state index contributed by atoms with van der Waals surface area (Å²) in [6, 6.07) is 57.9. The Balaban J connectivity index is 1.26. The number of hydrogen-bond donors (Lipinski definition) is 0. The van der Waals surface area contributed by atoms with E-state index in [2.05, 4.69) is 146 Å². The zero-order valence-corrected chi connectivity index (χ0v) is 27.2. The lowest BCUT2D eigenvalue weighted by atomic mass is 9.93. The van der Waals surface area contributed by atoms with Crippen molar-refractivity contribution >= 4 is 63.8 Å². The van der Waals surface area contributed by atoms with E-state index < -0.39 is 0 Å². The highest BCUT2D eigenvalue weighted by Gasteiger charge is 2.19. The third kappa shape index (κ3) is 4.61. The number of nitrogens with zero attached hydrogens (tertiary/aromatic N) is 3. The van der Waals surface area contributed by atoms with Crippen molar-refractivity contribution in [1.29, 1.82) is 0 Å². The Morgan fingerprint density at radius 3 is 1.78 bits per heavy atom. The van der Waals surface area contributed by atoms with Gasteiger partial charge in [0.05, 0.1) is 0 Å². The summed E-state index contributed by atoms with van der Waals surface area (Å²) in [7, 11) is 0. The summed E-state index contributed by atoms with van der Waals surface area (Å²) in [6.45, 7) is 0. The van der Waals surface area contributed by atoms with Crippen LogP contribution in [0.3, 0.4) is 0 Å². The van der Waals surface area contributed by atoms with Crippen LogP contribution in [0.1, 0.15) is 0 Å². The molecular formula is C45H27N3S. The number of benzene rings is 8. The molecule has 0 amide bonds. The highest BCUT2D eigenvalue weighted by molar-refractivity contribution is 7.26. The predicted molar refractivity (Wildman–Crippen MR) is 207 cm³/mol. The molecule has 2 heterocycles. The molecule has 0 fully saturated rings. The Morgan fingerprint density at radius 2 is 0.959 bits per heavy atom. The third-order valence-electron chi connectivity index (χ3n) is 9.50. The Bertz CT molecular complexity index is 2880. The zero-order chi connectivity index (χ0) is 32.3. The van der Waals surface area contributed by atoms with Crippen LogP contribution in [-0.4, -0.2) is 15.0 Å². The van der Waals surface area contributed by atoms with Gasteiger partial charge in [-0.2, -0.15) is 0 Å². The van der Waals surface area contributed by atoms with Crippen molar-refractivity contribution in [3.63, 3.8) is 0 Å². The van der Waals surface area contributed by atoms with Crippen LogP contribution in [0, 0.1) is 0 Å². The topological polar surface area (TPSA) is 38.7 Å². The lowest BCUT2D eigenvalue weighted by Crippen LogP contribution is -2.00. The van der Waals surface area contributed by atoms with E-state index in [1.807, 2.05) is 29.5 Å². The average molecular weight is 642 g/mol. The second kappa shape index (κ2) is 11.2. The van der Waals surface area contributed by atoms with Crippen molar-refractivity contribution in [1.82, 2.24) is 15.0 Å². The van der Waals surface area contributed by atoms with Gasteiger partial charge in [0.25, 0.3) is 0 Å². The third-order valence-corrected chi connectivity index (χ3v) is 10.7. The fourth-order valence-electron chi connectivity index (χ4n) is 7.16. The second-order valence-corrected chi connectivity index (χ2v) is 13.4. The Hall–Kier alpha value is -6.23. The highest BCUT2D eigenvalue weighted by atomic mass is 32.1. The molecule has 49 heavy (non-hydrogen) atoms. The maximum absolute atomic E-state index is 5.24. The molecule has 2 aromatic heterocycles. The fraction of sp³-hybridized carbons (Fsp3) is 0. The van der Waals surface area contributed by atoms with E-state index in [-0.39, 0.29) is 0 Å². The van der Waals surface area contributed by atoms with Crippen molar-refractivity contribution in [2.45, 2.75) is 0 Å². The predicted octanol–water partition coefficient (Wildman–Crippen LogP) is 12.4. The Kier molecular flexibility index (Phi) is 6.36. The van der Waals surface area contributed by atoms with Crippen LogP contribution < -0.4 is 0 Å². The van der Waals surface area contributed by atoms with Gasteiger partial charge in [0.15, 0.2) is 17.5 Å². The summed E-state index contributed by atoms with van der Waals surface area (Å²) >= 11 is 1.85. The van der Waals surface area contributed by atoms with Gasteiger partial charge in [-0.15, -0.1) is 11.3 Å². The molecule has 0 radical (unpaired) electrons. The number of aromatic nitrogens is 3. The first-order valence-corrected chi connectivity index (χ1v) is 17.3. The summed E-state index contributed by atoms with van der Waals surface area (Å²) in [5.74, 6) is 1.97. The maximum atomic E-state index is 5.24. The largest absolute Gasteiger partial charge is 0.208 e. The Labute approximate surface area is 286 Å². The van der Waals surface area contributed by atoms with Gasteiger partial charge in [-0.25, -0.2) is 15.0 Å². The molecule has 0 N–H and O–H groups in total. The lowest BCUT2D eigenvalue weighted by molar-refractivity contribution is 1.08. The van der Waals surface area contributed by atoms with E-state index in [1.165, 1.54) is 58.2 Å². The molecule has 0 aliphatic carbocycles. The van der Waals surface area contributed by atoms with Gasteiger partial charge >= 0.3 is 0 Å². The van der Waals surface area contributed by atoms with Crippen LogP contribution in [-0.2, 0) is 0 Å². The van der Waals surface area contributed by atoms with Crippen molar-refractivity contribution in [3.05, 3.63) is 164 Å². The van der Waals surface area contributed by atoms with E-state index in [0.717, 1.165) is 22.1 Å². The molecule has 4 heteroatoms. The lowest BCUT2D eigenvalue weighted by Gasteiger charge is -2.13. The number of hydrogen-bond acceptors (Lipinski definition) is 4. The normalized spacial score (nSPS) is 11.7. The molecule has 0 spiro atoms. The summed E-state index contributed by atoms with van der Waals surface area (Å²) in [6.07, 6.45) is 0. The van der Waals surface area contributed by atoms with Gasteiger partial charge in [0.2, 0.25) is 0 Å². The number of rotatable bonds is 4. The van der Waals surface area contributed by atoms with Crippen LogP contribution in [0.25, 0.3) is 97.8 Å². The molecule has 0 unspecified atom stereocenters. The van der Waals surface area contributed by atoms with Crippen LogP contribution in [0.15, 0.2) is 164 Å². The SMILES string of the molecule is c1ccc(-c2nc(-c3ccc4ccc5ccccc5c4c3)nc(-c3cccc4c3cc(-c3ccccc3)c3c5ccccc5sc43)n2)cc1. The molecular weight excluding hydrogens is 615 g/mol. The fourth-order valence-corrected chi connectivity index (χ4v) is 8.42. The molecule has 0 saturated heterocycles. The van der Waals surface area contributed by atoms with Crippen molar-refractivity contribution in [3.8, 4) is 45.3 Å². The van der Waals surface area contributed by atoms with Crippen molar-refractivity contribution in [2.75, 3.05) is 0 Å². The minimum absolute atomic E-state index is 0.654. The summed E-state index contributed by atoms with van der Waals surface area (Å²) in [5, 5.41) is 9.71. The second-order valence-electron chi connectivity index (χ2n) is 12.4. The quantitative estimate of drug-likeness (QED) is 0.180. The summed E-state index contributed by atoms with van der Waals surface area (Å²) < 4.78 is 2.56. The van der Waals surface area contributed by atoms with Crippen LogP contribution in [0.4, 0.5) is 0 Å². The minimum atomic E-state index is 0.654. The monoisotopic (exact) mass is 641 g/mol. The summed E-state index contributed by atoms with van der Waals surface area (Å²) in [4.78, 5) is 15.5. The van der Waals surface area contributed by atoms with E-state index in [9.17, 15) is 0 Å². The number of fused-ring (bicyclic) bond motifs is 8. The summed E-state index contributed by atoms with van der Waals surface area (Å²) in [5.41, 5.74) is 5.31. The first kappa shape index (κ1) is 27.8. The van der Waals surface area contributed by atoms with Gasteiger partial charge in [-0.1, -0.05) is 146 Å². The minimum Gasteiger partial charge on any atom is -0.208 e. The van der Waals surface area contributed by atoms with Gasteiger partial charge < -0.3 is 0 Å². The van der Waals surface area contributed by atoms with E-state index in [4.69, 9.17) is 15.0 Å².